The third-order valence-corrected chi connectivity index (χ3v) is 6.11. The van der Waals surface area contributed by atoms with Crippen LogP contribution in [0.4, 0.5) is 17.1 Å². The van der Waals surface area contributed by atoms with Crippen LogP contribution in [0, 0.1) is 0 Å². The van der Waals surface area contributed by atoms with Crippen molar-refractivity contribution in [3.63, 3.8) is 0 Å². The molecule has 0 saturated carbocycles. The van der Waals surface area contributed by atoms with Gasteiger partial charge in [-0.1, -0.05) is 18.2 Å². The maximum Gasteiger partial charge on any atom is 0.255 e. The molecule has 35 heavy (non-hydrogen) atoms. The van der Waals surface area contributed by atoms with E-state index < -0.39 is 0 Å². The molecule has 0 unspecified atom stereocenters. The average molecular weight is 471 g/mol. The van der Waals surface area contributed by atoms with Crippen molar-refractivity contribution in [2.45, 2.75) is 0 Å². The molecule has 8 nitrogen and oxygen atoms in total. The maximum atomic E-state index is 12.7. The smallest absolute Gasteiger partial charge is 0.255 e. The van der Waals surface area contributed by atoms with E-state index in [1.807, 2.05) is 47.4 Å². The highest BCUT2D eigenvalue weighted by Crippen LogP contribution is 2.32. The number of nitrogens with zero attached hydrogens (tertiary/aromatic N) is 2. The van der Waals surface area contributed by atoms with E-state index >= 15 is 0 Å². The largest absolute Gasteiger partial charge is 0.454 e. The van der Waals surface area contributed by atoms with Gasteiger partial charge in [0, 0.05) is 43.5 Å². The van der Waals surface area contributed by atoms with Crippen molar-refractivity contribution in [2.75, 3.05) is 48.9 Å². The molecule has 2 aliphatic rings. The van der Waals surface area contributed by atoms with E-state index in [2.05, 4.69) is 10.2 Å². The van der Waals surface area contributed by atoms with E-state index in [1.54, 1.807) is 36.4 Å². The number of para-hydroxylation sites is 2. The van der Waals surface area contributed by atoms with Crippen LogP contribution in [-0.2, 0) is 4.79 Å². The second-order valence-electron chi connectivity index (χ2n) is 8.35. The standard InChI is InChI=1S/C27H26N4O4/c28-22-3-1-2-4-23(22)29-27(33)20-7-9-21(10-8-20)30-13-15-31(16-14-30)26(32)12-6-19-5-11-24-25(17-19)35-18-34-24/h1-12,17H,13-16,18,28H2,(H,29,33)/b12-6+. The molecule has 1 fully saturated rings. The SMILES string of the molecule is Nc1ccccc1NC(=O)c1ccc(N2CCN(C(=O)/C=C/c3ccc4c(c3)OCO4)CC2)cc1. The molecule has 3 aromatic rings. The fraction of sp³-hybridized carbons (Fsp3) is 0.185. The Bertz CT molecular complexity index is 1260. The van der Waals surface area contributed by atoms with E-state index in [4.69, 9.17) is 15.2 Å². The number of carbonyl (C=O) groups is 2. The minimum Gasteiger partial charge on any atom is -0.454 e. The molecule has 0 radical (unpaired) electrons. The van der Waals surface area contributed by atoms with Crippen LogP contribution in [-0.4, -0.2) is 49.7 Å². The summed E-state index contributed by atoms with van der Waals surface area (Å²) in [5, 5.41) is 2.84. The zero-order chi connectivity index (χ0) is 24.2. The van der Waals surface area contributed by atoms with Crippen LogP contribution in [0.1, 0.15) is 15.9 Å². The Morgan fingerprint density at radius 1 is 0.886 bits per heavy atom. The van der Waals surface area contributed by atoms with Gasteiger partial charge in [-0.15, -0.1) is 0 Å². The van der Waals surface area contributed by atoms with Gasteiger partial charge in [-0.2, -0.15) is 0 Å². The quantitative estimate of drug-likeness (QED) is 0.437. The minimum atomic E-state index is -0.209. The highest BCUT2D eigenvalue weighted by Gasteiger charge is 2.20. The van der Waals surface area contributed by atoms with Gasteiger partial charge in [-0.25, -0.2) is 0 Å². The molecule has 3 aromatic carbocycles. The molecule has 2 heterocycles. The van der Waals surface area contributed by atoms with Crippen LogP contribution in [0.3, 0.4) is 0 Å². The summed E-state index contributed by atoms with van der Waals surface area (Å²) in [6.07, 6.45) is 3.39. The first-order valence-corrected chi connectivity index (χ1v) is 11.4. The normalized spacial score (nSPS) is 14.9. The van der Waals surface area contributed by atoms with Crippen LogP contribution < -0.4 is 25.4 Å². The van der Waals surface area contributed by atoms with Crippen molar-refractivity contribution < 1.29 is 19.1 Å². The molecule has 5 rings (SSSR count). The van der Waals surface area contributed by atoms with Gasteiger partial charge < -0.3 is 30.3 Å². The molecule has 0 bridgehead atoms. The first-order chi connectivity index (χ1) is 17.1. The molecule has 0 atom stereocenters. The number of amides is 2. The molecule has 178 valence electrons. The Hall–Kier alpha value is -4.46. The Labute approximate surface area is 203 Å². The number of nitrogens with one attached hydrogen (secondary N) is 1. The number of benzene rings is 3. The average Bonchev–Trinajstić information content (AvgIpc) is 3.37. The predicted octanol–water partition coefficient (Wildman–Crippen LogP) is 3.61. The fourth-order valence-corrected chi connectivity index (χ4v) is 4.10. The highest BCUT2D eigenvalue weighted by atomic mass is 16.7. The Morgan fingerprint density at radius 3 is 2.40 bits per heavy atom. The molecule has 0 spiro atoms. The number of carbonyl (C=O) groups excluding carboxylic acids is 2. The number of piperazine rings is 1. The van der Waals surface area contributed by atoms with E-state index in [0.717, 1.165) is 30.1 Å². The van der Waals surface area contributed by atoms with Gasteiger partial charge in [0.05, 0.1) is 11.4 Å². The van der Waals surface area contributed by atoms with Gasteiger partial charge in [0.2, 0.25) is 12.7 Å². The first kappa shape index (κ1) is 22.3. The van der Waals surface area contributed by atoms with Gasteiger partial charge in [0.1, 0.15) is 0 Å². The minimum absolute atomic E-state index is 0.0190. The molecule has 2 aliphatic heterocycles. The number of ether oxygens (including phenoxy) is 2. The first-order valence-electron chi connectivity index (χ1n) is 11.4. The van der Waals surface area contributed by atoms with Crippen molar-refractivity contribution in [1.29, 1.82) is 0 Å². The number of nitrogen functional groups attached to an aromatic ring is 1. The van der Waals surface area contributed by atoms with Gasteiger partial charge in [-0.3, -0.25) is 9.59 Å². The lowest BCUT2D eigenvalue weighted by molar-refractivity contribution is -0.126. The van der Waals surface area contributed by atoms with Crippen LogP contribution >= 0.6 is 0 Å². The van der Waals surface area contributed by atoms with E-state index in [1.165, 1.54) is 0 Å². The lowest BCUT2D eigenvalue weighted by Gasteiger charge is -2.35. The summed E-state index contributed by atoms with van der Waals surface area (Å²) >= 11 is 0. The van der Waals surface area contributed by atoms with Crippen LogP contribution in [0.2, 0.25) is 0 Å². The molecule has 0 aromatic heterocycles. The molecular weight excluding hydrogens is 444 g/mol. The van der Waals surface area contributed by atoms with E-state index in [0.29, 0.717) is 35.8 Å². The summed E-state index contributed by atoms with van der Waals surface area (Å²) in [7, 11) is 0. The zero-order valence-electron chi connectivity index (χ0n) is 19.1. The summed E-state index contributed by atoms with van der Waals surface area (Å²) in [6.45, 7) is 2.91. The number of nitrogens with two attached hydrogens (primary N) is 1. The van der Waals surface area contributed by atoms with E-state index in [9.17, 15) is 9.59 Å². The lowest BCUT2D eigenvalue weighted by atomic mass is 10.1. The Balaban J connectivity index is 1.14. The molecule has 3 N–H and O–H groups in total. The molecule has 2 amide bonds. The van der Waals surface area contributed by atoms with Gasteiger partial charge in [0.15, 0.2) is 11.5 Å². The fourth-order valence-electron chi connectivity index (χ4n) is 4.10. The Morgan fingerprint density at radius 2 is 1.63 bits per heavy atom. The van der Waals surface area contributed by atoms with Gasteiger partial charge in [-0.05, 0) is 60.2 Å². The second-order valence-corrected chi connectivity index (χ2v) is 8.35. The second kappa shape index (κ2) is 9.80. The molecular formula is C27H26N4O4. The number of hydrogen-bond acceptors (Lipinski definition) is 6. The maximum absolute atomic E-state index is 12.7. The molecule has 0 aliphatic carbocycles. The topological polar surface area (TPSA) is 97.1 Å². The molecule has 8 heteroatoms. The third kappa shape index (κ3) is 5.06. The van der Waals surface area contributed by atoms with Crippen LogP contribution in [0.5, 0.6) is 11.5 Å². The third-order valence-electron chi connectivity index (χ3n) is 6.11. The summed E-state index contributed by atoms with van der Waals surface area (Å²) < 4.78 is 10.7. The molecule has 1 saturated heterocycles. The number of anilines is 3. The Kier molecular flexibility index (Phi) is 6.26. The van der Waals surface area contributed by atoms with Crippen molar-refractivity contribution in [3.8, 4) is 11.5 Å². The predicted molar refractivity (Wildman–Crippen MR) is 136 cm³/mol. The van der Waals surface area contributed by atoms with Gasteiger partial charge >= 0.3 is 0 Å². The number of fused-ring (bicyclic) bond motifs is 1. The number of hydrogen-bond donors (Lipinski definition) is 2. The van der Waals surface area contributed by atoms with Crippen molar-refractivity contribution >= 4 is 35.0 Å². The summed E-state index contributed by atoms with van der Waals surface area (Å²) in [4.78, 5) is 29.3. The van der Waals surface area contributed by atoms with E-state index in [-0.39, 0.29) is 18.6 Å². The monoisotopic (exact) mass is 470 g/mol. The summed E-state index contributed by atoms with van der Waals surface area (Å²) in [6, 6.07) is 20.2. The zero-order valence-corrected chi connectivity index (χ0v) is 19.1. The summed E-state index contributed by atoms with van der Waals surface area (Å²) in [5.74, 6) is 1.19. The van der Waals surface area contributed by atoms with Crippen molar-refractivity contribution in [3.05, 3.63) is 83.9 Å². The van der Waals surface area contributed by atoms with Crippen molar-refractivity contribution in [1.82, 2.24) is 4.90 Å². The van der Waals surface area contributed by atoms with Crippen LogP contribution in [0.15, 0.2) is 72.8 Å². The highest BCUT2D eigenvalue weighted by molar-refractivity contribution is 6.05. The number of rotatable bonds is 5. The van der Waals surface area contributed by atoms with Crippen LogP contribution in [0.25, 0.3) is 6.08 Å². The summed E-state index contributed by atoms with van der Waals surface area (Å²) in [5.41, 5.74) is 9.48. The van der Waals surface area contributed by atoms with Crippen molar-refractivity contribution in [2.24, 2.45) is 0 Å². The van der Waals surface area contributed by atoms with Gasteiger partial charge in [0.25, 0.3) is 5.91 Å². The lowest BCUT2D eigenvalue weighted by Crippen LogP contribution is -2.48.